The smallest absolute Gasteiger partial charge is 0.299 e. The summed E-state index contributed by atoms with van der Waals surface area (Å²) in [5.74, 6) is 0.0390. The number of aromatic nitrogens is 4. The number of hydrogen-bond donors (Lipinski definition) is 1. The Kier molecular flexibility index (Phi) is 4.41. The topological polar surface area (TPSA) is 55.1 Å². The summed E-state index contributed by atoms with van der Waals surface area (Å²) >= 11 is 0. The maximum absolute atomic E-state index is 13.0. The van der Waals surface area contributed by atoms with Gasteiger partial charge in [-0.05, 0) is 30.0 Å². The Hall–Kier alpha value is -2.57. The van der Waals surface area contributed by atoms with Gasteiger partial charge in [-0.25, -0.2) is 8.78 Å². The van der Waals surface area contributed by atoms with E-state index in [9.17, 15) is 8.78 Å². The van der Waals surface area contributed by atoms with Gasteiger partial charge in [-0.15, -0.1) is 15.3 Å². The summed E-state index contributed by atoms with van der Waals surface area (Å²) in [7, 11) is 0. The lowest BCUT2D eigenvalue weighted by molar-refractivity contribution is 0.137. The lowest BCUT2D eigenvalue weighted by atomic mass is 9.82. The highest BCUT2D eigenvalue weighted by atomic mass is 19.3. The second kappa shape index (κ2) is 6.38. The number of hydrogen-bond acceptors (Lipinski definition) is 4. The maximum Gasteiger partial charge on any atom is 0.299 e. The van der Waals surface area contributed by atoms with E-state index in [0.717, 1.165) is 15.6 Å². The van der Waals surface area contributed by atoms with Crippen LogP contribution >= 0.6 is 0 Å². The van der Waals surface area contributed by atoms with Gasteiger partial charge in [-0.2, -0.15) is 4.52 Å². The number of aryl methyl sites for hydroxylation is 1. The van der Waals surface area contributed by atoms with Crippen molar-refractivity contribution >= 4 is 11.5 Å². The summed E-state index contributed by atoms with van der Waals surface area (Å²) in [5.41, 5.74) is 2.47. The van der Waals surface area contributed by atoms with Crippen molar-refractivity contribution in [2.75, 3.05) is 5.32 Å². The van der Waals surface area contributed by atoms with E-state index in [2.05, 4.69) is 53.5 Å². The Morgan fingerprint density at radius 1 is 1.08 bits per heavy atom. The van der Waals surface area contributed by atoms with Gasteiger partial charge in [0.15, 0.2) is 5.65 Å². The molecule has 0 amide bonds. The first kappa shape index (κ1) is 17.3. The van der Waals surface area contributed by atoms with E-state index in [-0.39, 0.29) is 11.5 Å². The van der Waals surface area contributed by atoms with Crippen molar-refractivity contribution in [3.8, 4) is 0 Å². The van der Waals surface area contributed by atoms with Crippen molar-refractivity contribution < 1.29 is 8.78 Å². The second-order valence-corrected chi connectivity index (χ2v) is 7.20. The summed E-state index contributed by atoms with van der Waals surface area (Å²) in [4.78, 5) is 0. The summed E-state index contributed by atoms with van der Waals surface area (Å²) in [6.07, 6.45) is -2.73. The summed E-state index contributed by atoms with van der Waals surface area (Å²) in [6, 6.07) is 11.5. The number of benzene rings is 1. The van der Waals surface area contributed by atoms with E-state index in [1.165, 1.54) is 0 Å². The molecule has 0 saturated carbocycles. The molecule has 0 radical (unpaired) electrons. The Bertz CT molecular complexity index is 883. The third-order valence-corrected chi connectivity index (χ3v) is 4.02. The molecule has 2 heterocycles. The van der Waals surface area contributed by atoms with Gasteiger partial charge in [0.05, 0.1) is 6.04 Å². The van der Waals surface area contributed by atoms with Gasteiger partial charge in [0, 0.05) is 0 Å². The minimum atomic E-state index is -2.73. The van der Waals surface area contributed by atoms with Crippen LogP contribution in [-0.4, -0.2) is 19.8 Å². The van der Waals surface area contributed by atoms with Gasteiger partial charge >= 0.3 is 0 Å². The molecular formula is C18H21F2N5. The number of anilines is 1. The molecule has 1 aromatic carbocycles. The van der Waals surface area contributed by atoms with Crippen molar-refractivity contribution in [3.05, 3.63) is 53.3 Å². The zero-order valence-electron chi connectivity index (χ0n) is 14.7. The van der Waals surface area contributed by atoms with Gasteiger partial charge < -0.3 is 5.32 Å². The molecule has 1 atom stereocenters. The zero-order valence-corrected chi connectivity index (χ0v) is 14.7. The molecule has 1 unspecified atom stereocenters. The van der Waals surface area contributed by atoms with E-state index in [1.54, 1.807) is 12.1 Å². The number of nitrogens with zero attached hydrogens (tertiary/aromatic N) is 4. The van der Waals surface area contributed by atoms with Crippen LogP contribution in [0.3, 0.4) is 0 Å². The van der Waals surface area contributed by atoms with E-state index in [4.69, 9.17) is 0 Å². The molecular weight excluding hydrogens is 324 g/mol. The van der Waals surface area contributed by atoms with E-state index < -0.39 is 12.2 Å². The average Bonchev–Trinajstić information content (AvgIpc) is 2.94. The number of fused-ring (bicyclic) bond motifs is 1. The molecule has 3 aromatic rings. The highest BCUT2D eigenvalue weighted by Gasteiger charge is 2.27. The van der Waals surface area contributed by atoms with Crippen LogP contribution in [-0.2, 0) is 0 Å². The molecule has 132 valence electrons. The molecule has 0 aliphatic rings. The second-order valence-electron chi connectivity index (χ2n) is 7.20. The first-order chi connectivity index (χ1) is 11.8. The minimum absolute atomic E-state index is 0.0381. The van der Waals surface area contributed by atoms with Crippen LogP contribution in [0.25, 0.3) is 5.65 Å². The van der Waals surface area contributed by atoms with Crippen molar-refractivity contribution in [2.24, 2.45) is 5.41 Å². The maximum atomic E-state index is 13.0. The third-order valence-electron chi connectivity index (χ3n) is 4.02. The van der Waals surface area contributed by atoms with Crippen LogP contribution in [0.2, 0.25) is 0 Å². The van der Waals surface area contributed by atoms with Gasteiger partial charge in [0.25, 0.3) is 6.43 Å². The van der Waals surface area contributed by atoms with E-state index in [0.29, 0.717) is 11.5 Å². The molecule has 0 aliphatic carbocycles. The van der Waals surface area contributed by atoms with Gasteiger partial charge in [-0.3, -0.25) is 0 Å². The molecule has 0 spiro atoms. The largest absolute Gasteiger partial charge is 0.361 e. The Labute approximate surface area is 145 Å². The molecule has 7 heteroatoms. The lowest BCUT2D eigenvalue weighted by Gasteiger charge is -2.32. The molecule has 0 aliphatic heterocycles. The van der Waals surface area contributed by atoms with E-state index >= 15 is 0 Å². The minimum Gasteiger partial charge on any atom is -0.361 e. The highest BCUT2D eigenvalue weighted by Crippen LogP contribution is 2.35. The number of alkyl halides is 2. The Morgan fingerprint density at radius 2 is 1.84 bits per heavy atom. The first-order valence-electron chi connectivity index (χ1n) is 8.09. The SMILES string of the molecule is Cc1cccc(C(Nc2ccc3nnc(C(F)F)n3n2)C(C)(C)C)c1. The quantitative estimate of drug-likeness (QED) is 0.752. The normalized spacial score (nSPS) is 13.4. The van der Waals surface area contributed by atoms with E-state index in [1.807, 2.05) is 19.1 Å². The van der Waals surface area contributed by atoms with Crippen LogP contribution in [0, 0.1) is 12.3 Å². The third kappa shape index (κ3) is 3.60. The molecule has 25 heavy (non-hydrogen) atoms. The van der Waals surface area contributed by atoms with Crippen molar-refractivity contribution in [3.63, 3.8) is 0 Å². The lowest BCUT2D eigenvalue weighted by Crippen LogP contribution is -2.26. The van der Waals surface area contributed by atoms with Crippen LogP contribution in [0.15, 0.2) is 36.4 Å². The summed E-state index contributed by atoms with van der Waals surface area (Å²) in [5, 5.41) is 14.9. The highest BCUT2D eigenvalue weighted by molar-refractivity contribution is 5.46. The first-order valence-corrected chi connectivity index (χ1v) is 8.09. The fourth-order valence-electron chi connectivity index (χ4n) is 2.82. The Morgan fingerprint density at radius 3 is 2.48 bits per heavy atom. The molecule has 2 aromatic heterocycles. The van der Waals surface area contributed by atoms with Crippen molar-refractivity contribution in [1.82, 2.24) is 19.8 Å². The predicted molar refractivity (Wildman–Crippen MR) is 92.7 cm³/mol. The molecule has 0 bridgehead atoms. The predicted octanol–water partition coefficient (Wildman–Crippen LogP) is 4.57. The molecule has 5 nitrogen and oxygen atoms in total. The van der Waals surface area contributed by atoms with Gasteiger partial charge in [0.2, 0.25) is 5.82 Å². The number of nitrogens with one attached hydrogen (secondary N) is 1. The fourth-order valence-corrected chi connectivity index (χ4v) is 2.82. The molecule has 1 N–H and O–H groups in total. The van der Waals surface area contributed by atoms with Gasteiger partial charge in [-0.1, -0.05) is 50.6 Å². The molecule has 0 saturated heterocycles. The summed E-state index contributed by atoms with van der Waals surface area (Å²) < 4.78 is 27.2. The van der Waals surface area contributed by atoms with Crippen molar-refractivity contribution in [1.29, 1.82) is 0 Å². The van der Waals surface area contributed by atoms with Gasteiger partial charge in [0.1, 0.15) is 5.82 Å². The van der Waals surface area contributed by atoms with Crippen molar-refractivity contribution in [2.45, 2.75) is 40.2 Å². The van der Waals surface area contributed by atoms with Crippen LogP contribution in [0.5, 0.6) is 0 Å². The Balaban J connectivity index is 1.99. The fraction of sp³-hybridized carbons (Fsp3) is 0.389. The van der Waals surface area contributed by atoms with Crippen LogP contribution in [0.1, 0.15) is 50.2 Å². The zero-order chi connectivity index (χ0) is 18.2. The standard InChI is InChI=1S/C18H21F2N5/c1-11-6-5-7-12(10-11)15(18(2,3)4)21-13-8-9-14-22-23-17(16(19)20)25(14)24-13/h5-10,15-16H,1-4H3,(H,21,24). The summed E-state index contributed by atoms with van der Waals surface area (Å²) in [6.45, 7) is 8.40. The van der Waals surface area contributed by atoms with Crippen LogP contribution < -0.4 is 5.32 Å². The van der Waals surface area contributed by atoms with Crippen LogP contribution in [0.4, 0.5) is 14.6 Å². The molecule has 0 fully saturated rings. The number of halogens is 2. The molecule has 3 rings (SSSR count). The number of rotatable bonds is 4. The average molecular weight is 345 g/mol. The monoisotopic (exact) mass is 345 g/mol.